The Morgan fingerprint density at radius 1 is 1.09 bits per heavy atom. The molecule has 0 amide bonds. The van der Waals surface area contributed by atoms with Crippen molar-refractivity contribution in [3.8, 4) is 11.3 Å². The Balaban J connectivity index is 1.30. The van der Waals surface area contributed by atoms with Crippen LogP contribution in [0.15, 0.2) is 61.2 Å². The van der Waals surface area contributed by atoms with Crippen LogP contribution in [0.1, 0.15) is 31.2 Å². The fourth-order valence-corrected chi connectivity index (χ4v) is 7.32. The smallest absolute Gasteiger partial charge is 0.234 e. The first-order valence-corrected chi connectivity index (χ1v) is 13.1. The van der Waals surface area contributed by atoms with E-state index in [1.54, 1.807) is 24.2 Å². The Kier molecular flexibility index (Phi) is 5.23. The summed E-state index contributed by atoms with van der Waals surface area (Å²) in [5, 5.41) is 9.19. The summed E-state index contributed by atoms with van der Waals surface area (Å²) in [5.74, 6) is 0. The molecule has 0 radical (unpaired) electrons. The maximum atomic E-state index is 13.6. The van der Waals surface area contributed by atoms with E-state index in [0.717, 1.165) is 47.8 Å². The van der Waals surface area contributed by atoms with Gasteiger partial charge in [0, 0.05) is 42.2 Å². The summed E-state index contributed by atoms with van der Waals surface area (Å²) < 4.78 is 22.9. The average Bonchev–Trinajstić information content (AvgIpc) is 3.65. The second-order valence-corrected chi connectivity index (χ2v) is 11.5. The van der Waals surface area contributed by atoms with Gasteiger partial charge < -0.3 is 8.92 Å². The number of benzene rings is 1. The topological polar surface area (TPSA) is 100 Å². The van der Waals surface area contributed by atoms with Gasteiger partial charge in [0.1, 0.15) is 5.65 Å². The highest BCUT2D eigenvalue weighted by molar-refractivity contribution is 7.67. The molecule has 34 heavy (non-hydrogen) atoms. The van der Waals surface area contributed by atoms with Crippen LogP contribution in [0.4, 0.5) is 0 Å². The Morgan fingerprint density at radius 2 is 1.91 bits per heavy atom. The molecular weight excluding hydrogens is 449 g/mol. The van der Waals surface area contributed by atoms with Crippen LogP contribution in [-0.4, -0.2) is 47.1 Å². The third kappa shape index (κ3) is 3.61. The fourth-order valence-electron chi connectivity index (χ4n) is 4.78. The quantitative estimate of drug-likeness (QED) is 0.343. The van der Waals surface area contributed by atoms with Crippen LogP contribution in [0, 0.1) is 0 Å². The first-order chi connectivity index (χ1) is 16.6. The molecule has 9 nitrogen and oxygen atoms in total. The fraction of sp³-hybridized carbons (Fsp3) is 0.292. The van der Waals surface area contributed by atoms with Gasteiger partial charge in [0.25, 0.3) is 0 Å². The molecule has 1 fully saturated rings. The van der Waals surface area contributed by atoms with Crippen LogP contribution in [-0.2, 0) is 15.6 Å². The van der Waals surface area contributed by atoms with Crippen molar-refractivity contribution in [1.82, 2.24) is 34.3 Å². The molecule has 172 valence electrons. The van der Waals surface area contributed by atoms with E-state index in [9.17, 15) is 4.57 Å². The molecule has 0 aliphatic heterocycles. The number of imidazole rings is 1. The second kappa shape index (κ2) is 8.42. The van der Waals surface area contributed by atoms with Gasteiger partial charge in [0.15, 0.2) is 5.65 Å². The van der Waals surface area contributed by atoms with Crippen LogP contribution >= 0.6 is 7.37 Å². The monoisotopic (exact) mass is 473 g/mol. The van der Waals surface area contributed by atoms with Gasteiger partial charge in [-0.3, -0.25) is 4.57 Å². The molecule has 1 aromatic carbocycles. The lowest BCUT2D eigenvalue weighted by Crippen LogP contribution is -2.16. The minimum atomic E-state index is -2.87. The van der Waals surface area contributed by atoms with Crippen molar-refractivity contribution in [2.45, 2.75) is 37.9 Å². The third-order valence-electron chi connectivity index (χ3n) is 6.61. The summed E-state index contributed by atoms with van der Waals surface area (Å²) in [6, 6.07) is 11.7. The molecule has 1 aliphatic rings. The predicted octanol–water partition coefficient (Wildman–Crippen LogP) is 4.08. The van der Waals surface area contributed by atoms with Crippen molar-refractivity contribution in [2.24, 2.45) is 0 Å². The van der Waals surface area contributed by atoms with Gasteiger partial charge in [-0.05, 0) is 36.6 Å². The molecule has 1 atom stereocenters. The Bertz CT molecular complexity index is 1520. The minimum absolute atomic E-state index is 0.112. The molecular formula is C24H24N7O2P. The standard InChI is InChI=1S/C24H24N7O2P/c1-33-34(32,19-4-2-3-5-19)20-9-7-18(8-10-20)21-14-26-23-24(27-21)31(29-28-23)16-17-6-11-22-25-12-13-30(22)15-17/h6-15,19H,2-5,16H2,1H3. The summed E-state index contributed by atoms with van der Waals surface area (Å²) in [5.41, 5.74) is 4.76. The van der Waals surface area contributed by atoms with Crippen molar-refractivity contribution in [3.63, 3.8) is 0 Å². The highest BCUT2D eigenvalue weighted by Crippen LogP contribution is 2.55. The number of hydrogen-bond donors (Lipinski definition) is 0. The third-order valence-corrected chi connectivity index (χ3v) is 9.65. The van der Waals surface area contributed by atoms with E-state index in [0.29, 0.717) is 23.5 Å². The zero-order valence-electron chi connectivity index (χ0n) is 18.8. The van der Waals surface area contributed by atoms with Gasteiger partial charge >= 0.3 is 0 Å². The van der Waals surface area contributed by atoms with Crippen LogP contribution < -0.4 is 5.30 Å². The van der Waals surface area contributed by atoms with Crippen LogP contribution in [0.2, 0.25) is 0 Å². The largest absolute Gasteiger partial charge is 0.328 e. The maximum Gasteiger partial charge on any atom is 0.234 e. The lowest BCUT2D eigenvalue weighted by Gasteiger charge is -2.23. The van der Waals surface area contributed by atoms with Crippen molar-refractivity contribution < 1.29 is 9.09 Å². The molecule has 0 N–H and O–H groups in total. The molecule has 6 rings (SSSR count). The van der Waals surface area contributed by atoms with Gasteiger partial charge in [-0.25, -0.2) is 19.6 Å². The molecule has 1 aliphatic carbocycles. The van der Waals surface area contributed by atoms with E-state index in [2.05, 4.69) is 20.3 Å². The summed E-state index contributed by atoms with van der Waals surface area (Å²) in [7, 11) is -1.31. The number of rotatable bonds is 6. The van der Waals surface area contributed by atoms with Gasteiger partial charge in [-0.2, -0.15) is 0 Å². The summed E-state index contributed by atoms with van der Waals surface area (Å²) in [6.45, 7) is 0.514. The van der Waals surface area contributed by atoms with E-state index < -0.39 is 7.37 Å². The van der Waals surface area contributed by atoms with Crippen LogP contribution in [0.5, 0.6) is 0 Å². The van der Waals surface area contributed by atoms with Gasteiger partial charge in [-0.15, -0.1) is 5.10 Å². The number of aromatic nitrogens is 7. The second-order valence-electron chi connectivity index (χ2n) is 8.64. The van der Waals surface area contributed by atoms with Gasteiger partial charge in [0.2, 0.25) is 13.0 Å². The first kappa shape index (κ1) is 21.1. The molecule has 5 aromatic rings. The van der Waals surface area contributed by atoms with E-state index >= 15 is 0 Å². The highest BCUT2D eigenvalue weighted by Gasteiger charge is 2.37. The molecule has 0 bridgehead atoms. The summed E-state index contributed by atoms with van der Waals surface area (Å²) in [4.78, 5) is 13.5. The Hall–Kier alpha value is -3.42. The zero-order chi connectivity index (χ0) is 23.1. The number of hydrogen-bond acceptors (Lipinski definition) is 7. The Labute approximate surface area is 196 Å². The molecule has 10 heteroatoms. The number of pyridine rings is 1. The molecule has 4 aromatic heterocycles. The molecule has 0 saturated heterocycles. The average molecular weight is 473 g/mol. The van der Waals surface area contributed by atoms with E-state index in [1.165, 1.54) is 0 Å². The van der Waals surface area contributed by atoms with Crippen LogP contribution in [0.3, 0.4) is 0 Å². The van der Waals surface area contributed by atoms with E-state index in [1.807, 2.05) is 53.2 Å². The lowest BCUT2D eigenvalue weighted by atomic mass is 10.2. The molecule has 0 spiro atoms. The van der Waals surface area contributed by atoms with Crippen molar-refractivity contribution in [1.29, 1.82) is 0 Å². The minimum Gasteiger partial charge on any atom is -0.328 e. The Morgan fingerprint density at radius 3 is 2.71 bits per heavy atom. The van der Waals surface area contributed by atoms with Crippen molar-refractivity contribution in [2.75, 3.05) is 7.11 Å². The first-order valence-electron chi connectivity index (χ1n) is 11.4. The molecule has 1 saturated carbocycles. The highest BCUT2D eigenvalue weighted by atomic mass is 31.2. The van der Waals surface area contributed by atoms with Crippen LogP contribution in [0.25, 0.3) is 28.2 Å². The zero-order valence-corrected chi connectivity index (χ0v) is 19.7. The number of fused-ring (bicyclic) bond motifs is 2. The van der Waals surface area contributed by atoms with E-state index in [4.69, 9.17) is 9.51 Å². The normalized spacial score (nSPS) is 16.4. The maximum absolute atomic E-state index is 13.6. The van der Waals surface area contributed by atoms with Gasteiger partial charge in [-0.1, -0.05) is 36.3 Å². The molecule has 1 unspecified atom stereocenters. The summed E-state index contributed by atoms with van der Waals surface area (Å²) in [6.07, 6.45) is 11.5. The lowest BCUT2D eigenvalue weighted by molar-refractivity contribution is 0.392. The van der Waals surface area contributed by atoms with Crippen molar-refractivity contribution >= 4 is 29.6 Å². The SMILES string of the molecule is COP(=O)(c1ccc(-c2cnc3nnn(Cc4ccc5nccn5c4)c3n2)cc1)C1CCCC1. The predicted molar refractivity (Wildman–Crippen MR) is 129 cm³/mol. The van der Waals surface area contributed by atoms with Crippen molar-refractivity contribution in [3.05, 3.63) is 66.7 Å². The van der Waals surface area contributed by atoms with E-state index in [-0.39, 0.29) is 5.66 Å². The summed E-state index contributed by atoms with van der Waals surface area (Å²) >= 11 is 0. The number of nitrogens with zero attached hydrogens (tertiary/aromatic N) is 7. The van der Waals surface area contributed by atoms with Gasteiger partial charge in [0.05, 0.1) is 18.4 Å². The molecule has 4 heterocycles.